The Morgan fingerprint density at radius 2 is 1.30 bits per heavy atom. The van der Waals surface area contributed by atoms with Gasteiger partial charge in [0.05, 0.1) is 36.1 Å². The van der Waals surface area contributed by atoms with Gasteiger partial charge in [0.25, 0.3) is 0 Å². The van der Waals surface area contributed by atoms with Gasteiger partial charge in [-0.3, -0.25) is 4.90 Å². The van der Waals surface area contributed by atoms with Crippen LogP contribution in [-0.4, -0.2) is 36.6 Å². The molecule has 0 amide bonds. The fourth-order valence-electron chi connectivity index (χ4n) is 7.06. The van der Waals surface area contributed by atoms with E-state index in [0.717, 1.165) is 76.3 Å². The summed E-state index contributed by atoms with van der Waals surface area (Å²) in [6.07, 6.45) is 20.3. The molecule has 6 rings (SSSR count). The number of unbranched alkanes of at least 4 members (excludes halogenated alkanes) is 4. The summed E-state index contributed by atoms with van der Waals surface area (Å²) in [4.78, 5) is 1.46. The molecular weight excluding hydrogens is 576 g/mol. The van der Waals surface area contributed by atoms with Crippen LogP contribution in [0.3, 0.4) is 0 Å². The summed E-state index contributed by atoms with van der Waals surface area (Å²) in [5.74, 6) is 2.00. The molecule has 1 N–H and O–H groups in total. The van der Waals surface area contributed by atoms with Crippen molar-refractivity contribution in [1.29, 1.82) is 0 Å². The molecule has 4 aromatic carbocycles. The minimum absolute atomic E-state index is 0.760. The number of benzene rings is 4. The van der Waals surface area contributed by atoms with Crippen molar-refractivity contribution in [2.75, 3.05) is 26.3 Å². The Bertz CT molecular complexity index is 1840. The van der Waals surface area contributed by atoms with Gasteiger partial charge in [0.2, 0.25) is 11.4 Å². The molecule has 0 spiro atoms. The van der Waals surface area contributed by atoms with Crippen LogP contribution in [0.25, 0.3) is 27.2 Å². The molecule has 4 nitrogen and oxygen atoms in total. The van der Waals surface area contributed by atoms with Crippen molar-refractivity contribution in [2.24, 2.45) is 0 Å². The van der Waals surface area contributed by atoms with Crippen LogP contribution < -0.4 is 14.4 Å². The van der Waals surface area contributed by atoms with E-state index in [1.54, 1.807) is 0 Å². The first-order valence-corrected chi connectivity index (χ1v) is 18.2. The van der Waals surface area contributed by atoms with Crippen LogP contribution in [0, 0.1) is 0 Å². The molecule has 2 aliphatic heterocycles. The van der Waals surface area contributed by atoms with Crippen molar-refractivity contribution >= 4 is 44.3 Å². The fraction of sp³-hybridized carbons (Fsp3) is 0.372. The number of allylic oxidation sites excluding steroid dienone is 5. The van der Waals surface area contributed by atoms with E-state index in [2.05, 4.69) is 123 Å². The highest BCUT2D eigenvalue weighted by molar-refractivity contribution is 6.20. The molecule has 0 radical (unpaired) electrons. The summed E-state index contributed by atoms with van der Waals surface area (Å²) < 4.78 is 15.0. The highest BCUT2D eigenvalue weighted by atomic mass is 16.5. The van der Waals surface area contributed by atoms with E-state index in [1.165, 1.54) is 73.2 Å². The average molecular weight is 629 g/mol. The second kappa shape index (κ2) is 15.6. The lowest BCUT2D eigenvalue weighted by Gasteiger charge is -2.15. The molecule has 2 heterocycles. The summed E-state index contributed by atoms with van der Waals surface area (Å²) in [6.45, 7) is 12.6. The molecule has 0 saturated carbocycles. The minimum atomic E-state index is 0.760. The minimum Gasteiger partial charge on any atom is -0.493 e. The van der Waals surface area contributed by atoms with Crippen LogP contribution in [0.2, 0.25) is 0 Å². The molecule has 0 aliphatic carbocycles. The van der Waals surface area contributed by atoms with Gasteiger partial charge in [-0.2, -0.15) is 4.58 Å². The van der Waals surface area contributed by atoms with Crippen LogP contribution >= 0.6 is 0 Å². The quantitative estimate of drug-likeness (QED) is 0.0715. The Morgan fingerprint density at radius 3 is 2.00 bits per heavy atom. The predicted molar refractivity (Wildman–Crippen MR) is 199 cm³/mol. The monoisotopic (exact) mass is 628 g/mol. The van der Waals surface area contributed by atoms with Crippen molar-refractivity contribution in [1.82, 2.24) is 0 Å². The van der Waals surface area contributed by atoms with E-state index in [4.69, 9.17) is 9.47 Å². The zero-order valence-corrected chi connectivity index (χ0v) is 28.9. The van der Waals surface area contributed by atoms with Gasteiger partial charge >= 0.3 is 0 Å². The zero-order chi connectivity index (χ0) is 32.6. The third-order valence-electron chi connectivity index (χ3n) is 9.54. The summed E-state index contributed by atoms with van der Waals surface area (Å²) >= 11 is 0. The number of quaternary nitrogens is 1. The Hall–Kier alpha value is -4.15. The van der Waals surface area contributed by atoms with Gasteiger partial charge in [-0.25, -0.2) is 0 Å². The molecule has 0 fully saturated rings. The smallest absolute Gasteiger partial charge is 0.214 e. The molecule has 0 bridgehead atoms. The molecule has 2 aliphatic rings. The predicted octanol–water partition coefficient (Wildman–Crippen LogP) is 10.1. The first-order valence-electron chi connectivity index (χ1n) is 18.2. The number of nitrogens with zero attached hydrogens (tertiary/aromatic N) is 1. The van der Waals surface area contributed by atoms with Crippen molar-refractivity contribution in [3.8, 4) is 11.5 Å². The van der Waals surface area contributed by atoms with Gasteiger partial charge < -0.3 is 9.47 Å². The third kappa shape index (κ3) is 6.67. The second-order valence-electron chi connectivity index (χ2n) is 12.9. The van der Waals surface area contributed by atoms with Gasteiger partial charge in [-0.15, -0.1) is 0 Å². The molecule has 1 unspecified atom stereocenters. The van der Waals surface area contributed by atoms with Gasteiger partial charge in [-0.05, 0) is 43.5 Å². The standard InChI is InChI=1S/C43H51N2O2/c1-5-9-28-44-36(32-18-16-20-34-40(46-30-11-7-3)26-24-38(44)42(32)34)22-14-13-15-23-37-33-19-17-21-35-41(47-31-12-8-4)27-25-39(43(33)35)45(37)29-10-6-2/h13-27H,5-12,28-31H2,1-4H3/q+1/p+1. The van der Waals surface area contributed by atoms with E-state index < -0.39 is 0 Å². The zero-order valence-electron chi connectivity index (χ0n) is 28.9. The van der Waals surface area contributed by atoms with Gasteiger partial charge in [0, 0.05) is 47.0 Å². The number of hydrogen-bond donors (Lipinski definition) is 1. The largest absolute Gasteiger partial charge is 0.493 e. The average Bonchev–Trinajstić information content (AvgIpc) is 3.57. The Morgan fingerprint density at radius 1 is 0.638 bits per heavy atom. The van der Waals surface area contributed by atoms with E-state index in [9.17, 15) is 0 Å². The fourth-order valence-corrected chi connectivity index (χ4v) is 7.06. The van der Waals surface area contributed by atoms with E-state index in [0.29, 0.717) is 0 Å². The second-order valence-corrected chi connectivity index (χ2v) is 12.9. The van der Waals surface area contributed by atoms with Crippen LogP contribution in [0.1, 0.15) is 90.2 Å². The Kier molecular flexibility index (Phi) is 10.9. The normalized spacial score (nSPS) is 16.3. The van der Waals surface area contributed by atoms with Crippen molar-refractivity contribution < 1.29 is 18.9 Å². The summed E-state index contributed by atoms with van der Waals surface area (Å²) in [6, 6.07) is 22.3. The number of nitrogens with one attached hydrogen (secondary N) is 1. The lowest BCUT2D eigenvalue weighted by Crippen LogP contribution is -3.03. The molecule has 47 heavy (non-hydrogen) atoms. The molecule has 1 atom stereocenters. The molecular formula is C43H52N2O2+2. The molecule has 4 heteroatoms. The van der Waals surface area contributed by atoms with Crippen LogP contribution in [0.5, 0.6) is 11.5 Å². The van der Waals surface area contributed by atoms with Crippen molar-refractivity contribution in [3.63, 3.8) is 0 Å². The maximum Gasteiger partial charge on any atom is 0.214 e. The van der Waals surface area contributed by atoms with E-state index >= 15 is 0 Å². The molecule has 244 valence electrons. The van der Waals surface area contributed by atoms with Crippen LogP contribution in [-0.2, 0) is 0 Å². The van der Waals surface area contributed by atoms with Gasteiger partial charge in [0.15, 0.2) is 0 Å². The van der Waals surface area contributed by atoms with E-state index in [1.807, 2.05) is 0 Å². The number of ether oxygens (including phenoxy) is 2. The van der Waals surface area contributed by atoms with E-state index in [-0.39, 0.29) is 0 Å². The van der Waals surface area contributed by atoms with Crippen molar-refractivity contribution in [3.05, 3.63) is 102 Å². The van der Waals surface area contributed by atoms with Crippen LogP contribution in [0.4, 0.5) is 11.4 Å². The lowest BCUT2D eigenvalue weighted by molar-refractivity contribution is -0.749. The highest BCUT2D eigenvalue weighted by Gasteiger charge is 2.33. The molecule has 0 saturated heterocycles. The van der Waals surface area contributed by atoms with Crippen molar-refractivity contribution in [2.45, 2.75) is 79.1 Å². The third-order valence-corrected chi connectivity index (χ3v) is 9.54. The van der Waals surface area contributed by atoms with Gasteiger partial charge in [-0.1, -0.05) is 95.9 Å². The Balaban J connectivity index is 1.31. The maximum absolute atomic E-state index is 6.25. The maximum atomic E-state index is 6.25. The summed E-state index contributed by atoms with van der Waals surface area (Å²) in [5, 5.41) is 5.10. The first kappa shape index (κ1) is 32.8. The van der Waals surface area contributed by atoms with Crippen LogP contribution in [0.15, 0.2) is 91.0 Å². The summed E-state index contributed by atoms with van der Waals surface area (Å²) in [5.41, 5.74) is 7.91. The molecule has 4 aromatic rings. The topological polar surface area (TPSA) is 25.9 Å². The number of hydrogen-bond acceptors (Lipinski definition) is 2. The number of rotatable bonds is 17. The Labute approximate surface area is 281 Å². The molecule has 0 aromatic heterocycles. The lowest BCUT2D eigenvalue weighted by atomic mass is 10.0. The van der Waals surface area contributed by atoms with Gasteiger partial charge in [0.1, 0.15) is 29.4 Å². The highest BCUT2D eigenvalue weighted by Crippen LogP contribution is 2.41. The summed E-state index contributed by atoms with van der Waals surface area (Å²) in [7, 11) is 0. The SMILES string of the molecule is CCCCOc1ccc2c3c(cccc13)C(/C=C/C=C/C=C1/c3cccc4c(OCCCC)ccc(c34)[NH+]1CCCC)=[N+]2CCCC. The first-order chi connectivity index (χ1) is 23.2.